The number of aromatic nitrogens is 4. The van der Waals surface area contributed by atoms with Crippen LogP contribution in [0.2, 0.25) is 0 Å². The summed E-state index contributed by atoms with van der Waals surface area (Å²) in [6.45, 7) is 1.09. The van der Waals surface area contributed by atoms with E-state index < -0.39 is 4.92 Å². The predicted molar refractivity (Wildman–Crippen MR) is 89.5 cm³/mol. The third-order valence-corrected chi connectivity index (χ3v) is 4.33. The number of nitrogens with one attached hydrogen (secondary N) is 1. The number of hydrogen-bond donors (Lipinski definition) is 1. The molecule has 3 rings (SSSR count). The van der Waals surface area contributed by atoms with Crippen molar-refractivity contribution in [1.29, 1.82) is 0 Å². The van der Waals surface area contributed by atoms with E-state index in [1.165, 1.54) is 16.9 Å². The lowest BCUT2D eigenvalue weighted by Gasteiger charge is -2.09. The largest absolute Gasteiger partial charge is 0.356 e. The van der Waals surface area contributed by atoms with Gasteiger partial charge in [-0.1, -0.05) is 25.0 Å². The molecule has 0 unspecified atom stereocenters. The third-order valence-electron chi connectivity index (χ3n) is 4.33. The van der Waals surface area contributed by atoms with Crippen LogP contribution in [0.5, 0.6) is 0 Å². The highest BCUT2D eigenvalue weighted by Gasteiger charge is 2.21. The van der Waals surface area contributed by atoms with Gasteiger partial charge >= 0.3 is 0 Å². The van der Waals surface area contributed by atoms with Gasteiger partial charge in [-0.25, -0.2) is 0 Å². The molecule has 1 aliphatic carbocycles. The number of nitrogens with zero attached hydrogens (tertiary/aromatic N) is 5. The molecule has 1 heterocycles. The van der Waals surface area contributed by atoms with Gasteiger partial charge in [0.05, 0.1) is 11.5 Å². The van der Waals surface area contributed by atoms with Gasteiger partial charge < -0.3 is 5.32 Å². The molecule has 1 N–H and O–H groups in total. The van der Waals surface area contributed by atoms with Crippen molar-refractivity contribution in [3.05, 3.63) is 34.4 Å². The lowest BCUT2D eigenvalue weighted by atomic mass is 10.1. The second-order valence-electron chi connectivity index (χ2n) is 6.14. The first-order valence-electron chi connectivity index (χ1n) is 8.44. The number of non-ortho nitro benzene ring substituents is 1. The van der Waals surface area contributed by atoms with Crippen molar-refractivity contribution < 1.29 is 9.72 Å². The van der Waals surface area contributed by atoms with Gasteiger partial charge in [-0.3, -0.25) is 14.9 Å². The Morgan fingerprint density at radius 1 is 1.36 bits per heavy atom. The van der Waals surface area contributed by atoms with Gasteiger partial charge in [0, 0.05) is 30.2 Å². The Hall–Kier alpha value is -2.84. The highest BCUT2D eigenvalue weighted by atomic mass is 16.6. The molecule has 0 bridgehead atoms. The molecule has 25 heavy (non-hydrogen) atoms. The summed E-state index contributed by atoms with van der Waals surface area (Å²) in [4.78, 5) is 23.7. The second-order valence-corrected chi connectivity index (χ2v) is 6.14. The SMILES string of the molecule is O=C(NCCCn1nnc(-c2cccc([N+](=O)[O-])c2)n1)C1CCCC1. The molecule has 1 aromatic carbocycles. The molecule has 1 saturated carbocycles. The molecule has 1 aromatic heterocycles. The summed E-state index contributed by atoms with van der Waals surface area (Å²) in [7, 11) is 0. The summed E-state index contributed by atoms with van der Waals surface area (Å²) >= 11 is 0. The highest BCUT2D eigenvalue weighted by molar-refractivity contribution is 5.78. The summed E-state index contributed by atoms with van der Waals surface area (Å²) < 4.78 is 0. The van der Waals surface area contributed by atoms with Gasteiger partial charge in [0.2, 0.25) is 11.7 Å². The zero-order chi connectivity index (χ0) is 17.6. The van der Waals surface area contributed by atoms with Crippen LogP contribution in [-0.4, -0.2) is 37.6 Å². The normalized spacial score (nSPS) is 14.6. The maximum atomic E-state index is 11.9. The van der Waals surface area contributed by atoms with Gasteiger partial charge in [0.15, 0.2) is 0 Å². The third kappa shape index (κ3) is 4.37. The van der Waals surface area contributed by atoms with Gasteiger partial charge in [0.1, 0.15) is 0 Å². The minimum Gasteiger partial charge on any atom is -0.356 e. The second kappa shape index (κ2) is 7.82. The number of nitro groups is 1. The molecule has 1 amide bonds. The average Bonchev–Trinajstić information content (AvgIpc) is 3.30. The van der Waals surface area contributed by atoms with E-state index in [9.17, 15) is 14.9 Å². The van der Waals surface area contributed by atoms with E-state index in [0.717, 1.165) is 25.7 Å². The van der Waals surface area contributed by atoms with Crippen LogP contribution in [0.4, 0.5) is 5.69 Å². The van der Waals surface area contributed by atoms with Crippen molar-refractivity contribution in [3.63, 3.8) is 0 Å². The number of nitro benzene ring substituents is 1. The lowest BCUT2D eigenvalue weighted by molar-refractivity contribution is -0.384. The first-order valence-corrected chi connectivity index (χ1v) is 8.44. The lowest BCUT2D eigenvalue weighted by Crippen LogP contribution is -2.30. The maximum Gasteiger partial charge on any atom is 0.270 e. The Morgan fingerprint density at radius 2 is 2.16 bits per heavy atom. The van der Waals surface area contributed by atoms with Crippen molar-refractivity contribution in [2.75, 3.05) is 6.54 Å². The van der Waals surface area contributed by atoms with E-state index in [2.05, 4.69) is 20.7 Å². The first kappa shape index (κ1) is 17.0. The molecule has 9 heteroatoms. The Kier molecular flexibility index (Phi) is 5.32. The summed E-state index contributed by atoms with van der Waals surface area (Å²) in [5, 5.41) is 25.9. The van der Waals surface area contributed by atoms with Crippen molar-refractivity contribution >= 4 is 11.6 Å². The van der Waals surface area contributed by atoms with Crippen LogP contribution in [0.15, 0.2) is 24.3 Å². The number of tetrazole rings is 1. The number of rotatable bonds is 7. The Balaban J connectivity index is 1.49. The van der Waals surface area contributed by atoms with Crippen molar-refractivity contribution in [1.82, 2.24) is 25.5 Å². The van der Waals surface area contributed by atoms with E-state index in [1.54, 1.807) is 12.1 Å². The van der Waals surface area contributed by atoms with Crippen LogP contribution in [0.1, 0.15) is 32.1 Å². The van der Waals surface area contributed by atoms with E-state index in [1.807, 2.05) is 0 Å². The summed E-state index contributed by atoms with van der Waals surface area (Å²) in [5.41, 5.74) is 0.540. The van der Waals surface area contributed by atoms with Gasteiger partial charge in [-0.15, -0.1) is 10.2 Å². The Morgan fingerprint density at radius 3 is 2.92 bits per heavy atom. The fraction of sp³-hybridized carbons (Fsp3) is 0.500. The maximum absolute atomic E-state index is 11.9. The minimum absolute atomic E-state index is 0.0107. The van der Waals surface area contributed by atoms with Crippen LogP contribution in [-0.2, 0) is 11.3 Å². The van der Waals surface area contributed by atoms with E-state index >= 15 is 0 Å². The monoisotopic (exact) mass is 344 g/mol. The van der Waals surface area contributed by atoms with Crippen molar-refractivity contribution in [2.24, 2.45) is 5.92 Å². The number of hydrogen-bond acceptors (Lipinski definition) is 6. The van der Waals surface area contributed by atoms with Gasteiger partial charge in [0.25, 0.3) is 5.69 Å². The zero-order valence-electron chi connectivity index (χ0n) is 13.8. The van der Waals surface area contributed by atoms with E-state index in [-0.39, 0.29) is 17.5 Å². The number of aryl methyl sites for hydroxylation is 1. The molecule has 1 fully saturated rings. The summed E-state index contributed by atoms with van der Waals surface area (Å²) in [6.07, 6.45) is 4.96. The van der Waals surface area contributed by atoms with Crippen LogP contribution in [0, 0.1) is 16.0 Å². The standard InChI is InChI=1S/C16H20N6O3/c23-16(12-5-1-2-6-12)17-9-4-10-21-19-15(18-20-21)13-7-3-8-14(11-13)22(24)25/h3,7-8,11-12H,1-2,4-6,9-10H2,(H,17,23). The molecule has 0 aliphatic heterocycles. The van der Waals surface area contributed by atoms with Crippen LogP contribution >= 0.6 is 0 Å². The van der Waals surface area contributed by atoms with Crippen molar-refractivity contribution in [2.45, 2.75) is 38.6 Å². The molecular formula is C16H20N6O3. The molecule has 2 aromatic rings. The van der Waals surface area contributed by atoms with E-state index in [4.69, 9.17) is 0 Å². The predicted octanol–water partition coefficient (Wildman–Crippen LogP) is 1.94. The number of benzene rings is 1. The van der Waals surface area contributed by atoms with Crippen LogP contribution in [0.3, 0.4) is 0 Å². The summed E-state index contributed by atoms with van der Waals surface area (Å²) in [5.74, 6) is 0.657. The quantitative estimate of drug-likeness (QED) is 0.466. The van der Waals surface area contributed by atoms with Gasteiger partial charge in [-0.2, -0.15) is 4.80 Å². The molecule has 0 radical (unpaired) electrons. The molecule has 0 atom stereocenters. The minimum atomic E-state index is -0.457. The average molecular weight is 344 g/mol. The zero-order valence-corrected chi connectivity index (χ0v) is 13.8. The molecule has 0 saturated heterocycles. The van der Waals surface area contributed by atoms with Gasteiger partial charge in [-0.05, 0) is 24.5 Å². The van der Waals surface area contributed by atoms with E-state index in [0.29, 0.717) is 30.9 Å². The number of carbonyl (C=O) groups excluding carboxylic acids is 1. The Labute approximate surface area is 144 Å². The van der Waals surface area contributed by atoms with Crippen LogP contribution < -0.4 is 5.32 Å². The first-order chi connectivity index (χ1) is 12.1. The fourth-order valence-corrected chi connectivity index (χ4v) is 2.98. The smallest absolute Gasteiger partial charge is 0.270 e. The highest BCUT2D eigenvalue weighted by Crippen LogP contribution is 2.24. The molecule has 132 valence electrons. The fourth-order valence-electron chi connectivity index (χ4n) is 2.98. The number of amides is 1. The molecular weight excluding hydrogens is 324 g/mol. The van der Waals surface area contributed by atoms with Crippen LogP contribution in [0.25, 0.3) is 11.4 Å². The Bertz CT molecular complexity index is 754. The molecule has 9 nitrogen and oxygen atoms in total. The topological polar surface area (TPSA) is 116 Å². The number of carbonyl (C=O) groups is 1. The summed E-state index contributed by atoms with van der Waals surface area (Å²) in [6, 6.07) is 6.13. The molecule has 1 aliphatic rings. The van der Waals surface area contributed by atoms with Crippen molar-refractivity contribution in [3.8, 4) is 11.4 Å². The molecule has 0 spiro atoms.